The maximum absolute atomic E-state index is 5.54. The van der Waals surface area contributed by atoms with E-state index < -0.39 is 0 Å². The number of aryl methyl sites for hydroxylation is 1. The van der Waals surface area contributed by atoms with E-state index >= 15 is 0 Å². The first-order valence-corrected chi connectivity index (χ1v) is 6.13. The van der Waals surface area contributed by atoms with Crippen molar-refractivity contribution in [3.8, 4) is 10.8 Å². The lowest BCUT2D eigenvalue weighted by molar-refractivity contribution is 0.126. The zero-order valence-electron chi connectivity index (χ0n) is 9.77. The molecule has 0 saturated heterocycles. The number of rotatable bonds is 5. The Balaban J connectivity index is 2.20. The summed E-state index contributed by atoms with van der Waals surface area (Å²) in [6.45, 7) is 5.23. The average Bonchev–Trinajstić information content (AvgIpc) is 2.92. The molecule has 0 bridgehead atoms. The van der Waals surface area contributed by atoms with Crippen LogP contribution in [0, 0.1) is 6.92 Å². The Kier molecular flexibility index (Phi) is 3.82. The minimum absolute atomic E-state index is 0.363. The zero-order valence-corrected chi connectivity index (χ0v) is 10.6. The standard InChI is InChI=1S/C10H14N4O2S/c1-3-15-5-7-13-10(16-14-7)9-6(2)12-8(4-11)17-9/h3-5,11H2,1-2H3. The van der Waals surface area contributed by atoms with E-state index in [0.29, 0.717) is 31.5 Å². The number of hydrogen-bond donors (Lipinski definition) is 1. The fraction of sp³-hybridized carbons (Fsp3) is 0.500. The maximum Gasteiger partial charge on any atom is 0.270 e. The van der Waals surface area contributed by atoms with Crippen LogP contribution in [0.25, 0.3) is 10.8 Å². The fourth-order valence-corrected chi connectivity index (χ4v) is 2.20. The molecule has 0 spiro atoms. The van der Waals surface area contributed by atoms with Gasteiger partial charge in [-0.2, -0.15) is 4.98 Å². The van der Waals surface area contributed by atoms with Gasteiger partial charge in [0.15, 0.2) is 5.82 Å². The highest BCUT2D eigenvalue weighted by Crippen LogP contribution is 2.28. The van der Waals surface area contributed by atoms with Gasteiger partial charge >= 0.3 is 0 Å². The lowest BCUT2D eigenvalue weighted by atomic mass is 10.4. The molecular weight excluding hydrogens is 240 g/mol. The lowest BCUT2D eigenvalue weighted by Gasteiger charge is -1.92. The topological polar surface area (TPSA) is 87.1 Å². The van der Waals surface area contributed by atoms with Crippen molar-refractivity contribution in [2.24, 2.45) is 5.73 Å². The summed E-state index contributed by atoms with van der Waals surface area (Å²) in [5, 5.41) is 4.71. The van der Waals surface area contributed by atoms with Crippen molar-refractivity contribution in [3.63, 3.8) is 0 Å². The lowest BCUT2D eigenvalue weighted by Crippen LogP contribution is -1.94. The van der Waals surface area contributed by atoms with E-state index in [0.717, 1.165) is 15.6 Å². The molecule has 0 atom stereocenters. The van der Waals surface area contributed by atoms with Gasteiger partial charge in [-0.1, -0.05) is 5.16 Å². The molecular formula is C10H14N4O2S. The van der Waals surface area contributed by atoms with Crippen LogP contribution < -0.4 is 5.73 Å². The van der Waals surface area contributed by atoms with Gasteiger partial charge in [-0.15, -0.1) is 11.3 Å². The summed E-state index contributed by atoms with van der Waals surface area (Å²) in [5.41, 5.74) is 6.41. The second kappa shape index (κ2) is 5.35. The Morgan fingerprint density at radius 3 is 2.88 bits per heavy atom. The van der Waals surface area contributed by atoms with E-state index in [1.165, 1.54) is 11.3 Å². The third-order valence-corrected chi connectivity index (χ3v) is 3.28. The van der Waals surface area contributed by atoms with E-state index in [1.807, 2.05) is 13.8 Å². The Morgan fingerprint density at radius 1 is 1.41 bits per heavy atom. The largest absolute Gasteiger partial charge is 0.374 e. The van der Waals surface area contributed by atoms with Gasteiger partial charge in [-0.25, -0.2) is 4.98 Å². The van der Waals surface area contributed by atoms with Crippen LogP contribution in [0.15, 0.2) is 4.52 Å². The maximum atomic E-state index is 5.54. The summed E-state index contributed by atoms with van der Waals surface area (Å²) < 4.78 is 10.4. The number of hydrogen-bond acceptors (Lipinski definition) is 7. The second-order valence-corrected chi connectivity index (χ2v) is 4.46. The average molecular weight is 254 g/mol. The predicted molar refractivity (Wildman–Crippen MR) is 63.4 cm³/mol. The van der Waals surface area contributed by atoms with E-state index in [4.69, 9.17) is 15.0 Å². The van der Waals surface area contributed by atoms with Crippen molar-refractivity contribution in [1.82, 2.24) is 15.1 Å². The molecule has 6 nitrogen and oxygen atoms in total. The smallest absolute Gasteiger partial charge is 0.270 e. The van der Waals surface area contributed by atoms with Gasteiger partial charge in [0.25, 0.3) is 5.89 Å². The summed E-state index contributed by atoms with van der Waals surface area (Å²) >= 11 is 1.48. The van der Waals surface area contributed by atoms with Crippen LogP contribution in [0.3, 0.4) is 0 Å². The molecule has 0 aromatic carbocycles. The molecule has 92 valence electrons. The number of nitrogens with zero attached hydrogens (tertiary/aromatic N) is 3. The summed E-state index contributed by atoms with van der Waals surface area (Å²) in [6.07, 6.45) is 0. The molecule has 0 fully saturated rings. The summed E-state index contributed by atoms with van der Waals surface area (Å²) in [7, 11) is 0. The first-order valence-electron chi connectivity index (χ1n) is 5.31. The van der Waals surface area contributed by atoms with Gasteiger partial charge in [-0.05, 0) is 13.8 Å². The predicted octanol–water partition coefficient (Wildman–Crippen LogP) is 1.50. The molecule has 0 aliphatic carbocycles. The molecule has 2 rings (SSSR count). The van der Waals surface area contributed by atoms with Gasteiger partial charge < -0.3 is 15.0 Å². The normalized spacial score (nSPS) is 11.0. The molecule has 0 unspecified atom stereocenters. The Labute approximate surface area is 103 Å². The van der Waals surface area contributed by atoms with Gasteiger partial charge in [0, 0.05) is 13.2 Å². The minimum Gasteiger partial charge on any atom is -0.374 e. The van der Waals surface area contributed by atoms with Crippen LogP contribution in [0.1, 0.15) is 23.4 Å². The third kappa shape index (κ3) is 2.68. The van der Waals surface area contributed by atoms with Crippen molar-refractivity contribution in [2.75, 3.05) is 6.61 Å². The highest BCUT2D eigenvalue weighted by molar-refractivity contribution is 7.15. The quantitative estimate of drug-likeness (QED) is 0.870. The second-order valence-electron chi connectivity index (χ2n) is 3.38. The van der Waals surface area contributed by atoms with Gasteiger partial charge in [-0.3, -0.25) is 0 Å². The third-order valence-electron chi connectivity index (χ3n) is 2.11. The molecule has 2 heterocycles. The zero-order chi connectivity index (χ0) is 12.3. The number of thiazole rings is 1. The molecule has 2 N–H and O–H groups in total. The molecule has 17 heavy (non-hydrogen) atoms. The molecule has 0 saturated carbocycles. The molecule has 0 aliphatic heterocycles. The van der Waals surface area contributed by atoms with Crippen molar-refractivity contribution >= 4 is 11.3 Å². The summed E-state index contributed by atoms with van der Waals surface area (Å²) in [4.78, 5) is 9.44. The van der Waals surface area contributed by atoms with E-state index in [9.17, 15) is 0 Å². The summed E-state index contributed by atoms with van der Waals surface area (Å²) in [6, 6.07) is 0. The van der Waals surface area contributed by atoms with Crippen LogP contribution in [0.2, 0.25) is 0 Å². The molecule has 0 radical (unpaired) electrons. The molecule has 0 amide bonds. The van der Waals surface area contributed by atoms with Crippen LogP contribution in [-0.2, 0) is 17.9 Å². The number of nitrogens with two attached hydrogens (primary N) is 1. The molecule has 0 aliphatic rings. The van der Waals surface area contributed by atoms with Crippen LogP contribution >= 0.6 is 11.3 Å². The van der Waals surface area contributed by atoms with Gasteiger partial charge in [0.2, 0.25) is 0 Å². The van der Waals surface area contributed by atoms with E-state index in [1.54, 1.807) is 0 Å². The van der Waals surface area contributed by atoms with Crippen molar-refractivity contribution in [3.05, 3.63) is 16.5 Å². The van der Waals surface area contributed by atoms with E-state index in [-0.39, 0.29) is 0 Å². The first-order chi connectivity index (χ1) is 8.24. The van der Waals surface area contributed by atoms with Crippen LogP contribution in [0.4, 0.5) is 0 Å². The Bertz CT molecular complexity index is 494. The Hall–Kier alpha value is -1.31. The highest BCUT2D eigenvalue weighted by Gasteiger charge is 2.15. The van der Waals surface area contributed by atoms with Crippen molar-refractivity contribution in [2.45, 2.75) is 27.0 Å². The molecule has 2 aromatic heterocycles. The van der Waals surface area contributed by atoms with Gasteiger partial charge in [0.1, 0.15) is 16.5 Å². The summed E-state index contributed by atoms with van der Waals surface area (Å²) in [5.74, 6) is 1.03. The minimum atomic E-state index is 0.363. The van der Waals surface area contributed by atoms with E-state index in [2.05, 4.69) is 15.1 Å². The monoisotopic (exact) mass is 254 g/mol. The van der Waals surface area contributed by atoms with Crippen molar-refractivity contribution in [1.29, 1.82) is 0 Å². The van der Waals surface area contributed by atoms with Crippen LogP contribution in [0.5, 0.6) is 0 Å². The first kappa shape index (κ1) is 12.2. The van der Waals surface area contributed by atoms with Crippen LogP contribution in [-0.4, -0.2) is 21.7 Å². The SMILES string of the molecule is CCOCc1noc(-c2sc(CN)nc2C)n1. The number of aromatic nitrogens is 3. The van der Waals surface area contributed by atoms with Crippen molar-refractivity contribution < 1.29 is 9.26 Å². The molecule has 2 aromatic rings. The Morgan fingerprint density at radius 2 is 2.24 bits per heavy atom. The van der Waals surface area contributed by atoms with Gasteiger partial charge in [0.05, 0.1) is 5.69 Å². The number of ether oxygens (including phenoxy) is 1. The fourth-order valence-electron chi connectivity index (χ4n) is 1.34. The highest BCUT2D eigenvalue weighted by atomic mass is 32.1. The molecule has 7 heteroatoms.